The van der Waals surface area contributed by atoms with Crippen LogP contribution in [-0.4, -0.2) is 25.0 Å². The zero-order valence-electron chi connectivity index (χ0n) is 10.7. The second-order valence-electron chi connectivity index (χ2n) is 4.72. The molecular weight excluding hydrogens is 244 g/mol. The van der Waals surface area contributed by atoms with Gasteiger partial charge < -0.3 is 15.8 Å². The van der Waals surface area contributed by atoms with Crippen molar-refractivity contribution in [2.75, 3.05) is 18.5 Å². The minimum absolute atomic E-state index is 0.0828. The molecule has 0 aromatic heterocycles. The van der Waals surface area contributed by atoms with E-state index in [1.807, 2.05) is 0 Å². The van der Waals surface area contributed by atoms with E-state index in [0.29, 0.717) is 23.6 Å². The van der Waals surface area contributed by atoms with Gasteiger partial charge in [-0.15, -0.1) is 0 Å². The van der Waals surface area contributed by atoms with E-state index in [1.54, 1.807) is 24.3 Å². The van der Waals surface area contributed by atoms with Gasteiger partial charge in [-0.3, -0.25) is 9.59 Å². The van der Waals surface area contributed by atoms with Gasteiger partial charge >= 0.3 is 0 Å². The Morgan fingerprint density at radius 1 is 1.26 bits per heavy atom. The normalized spacial score (nSPS) is 16.0. The summed E-state index contributed by atoms with van der Waals surface area (Å²) in [6.07, 6.45) is 2.27. The maximum atomic E-state index is 12.0. The van der Waals surface area contributed by atoms with Gasteiger partial charge in [0.15, 0.2) is 0 Å². The standard InChI is InChI=1S/C14H18N2O3/c15-14(18)11-3-1-2-4-12(11)16-13(17)9-10-5-7-19-8-6-10/h1-4,10H,5-9H2,(H2,15,18)(H,16,17). The lowest BCUT2D eigenvalue weighted by molar-refractivity contribution is -0.117. The molecule has 102 valence electrons. The van der Waals surface area contributed by atoms with Gasteiger partial charge in [-0.05, 0) is 30.9 Å². The maximum Gasteiger partial charge on any atom is 0.250 e. The van der Waals surface area contributed by atoms with Crippen molar-refractivity contribution in [3.05, 3.63) is 29.8 Å². The van der Waals surface area contributed by atoms with E-state index in [-0.39, 0.29) is 5.91 Å². The van der Waals surface area contributed by atoms with Gasteiger partial charge in [0.25, 0.3) is 5.91 Å². The number of carbonyl (C=O) groups excluding carboxylic acids is 2. The number of amides is 2. The van der Waals surface area contributed by atoms with E-state index in [4.69, 9.17) is 10.5 Å². The molecule has 5 heteroatoms. The third kappa shape index (κ3) is 3.79. The fourth-order valence-electron chi connectivity index (χ4n) is 2.22. The molecule has 2 amide bonds. The summed E-state index contributed by atoms with van der Waals surface area (Å²) in [7, 11) is 0. The predicted octanol–water partition coefficient (Wildman–Crippen LogP) is 1.54. The van der Waals surface area contributed by atoms with Crippen LogP contribution >= 0.6 is 0 Å². The zero-order chi connectivity index (χ0) is 13.7. The number of para-hydroxylation sites is 1. The summed E-state index contributed by atoms with van der Waals surface area (Å²) in [5.74, 6) is -0.267. The predicted molar refractivity (Wildman–Crippen MR) is 71.7 cm³/mol. The van der Waals surface area contributed by atoms with Gasteiger partial charge in [0.1, 0.15) is 0 Å². The number of hydrogen-bond donors (Lipinski definition) is 2. The summed E-state index contributed by atoms with van der Waals surface area (Å²) < 4.78 is 5.26. The molecule has 0 aliphatic carbocycles. The Morgan fingerprint density at radius 3 is 2.63 bits per heavy atom. The molecule has 1 aromatic carbocycles. The van der Waals surface area contributed by atoms with Crippen molar-refractivity contribution < 1.29 is 14.3 Å². The third-order valence-corrected chi connectivity index (χ3v) is 3.28. The van der Waals surface area contributed by atoms with Crippen LogP contribution in [0.1, 0.15) is 29.6 Å². The van der Waals surface area contributed by atoms with Gasteiger partial charge in [0.05, 0.1) is 11.3 Å². The van der Waals surface area contributed by atoms with E-state index in [0.717, 1.165) is 26.1 Å². The summed E-state index contributed by atoms with van der Waals surface area (Å²) in [5, 5.41) is 2.76. The van der Waals surface area contributed by atoms with Crippen LogP contribution in [-0.2, 0) is 9.53 Å². The molecule has 1 fully saturated rings. The first-order valence-corrected chi connectivity index (χ1v) is 6.43. The molecule has 0 bridgehead atoms. The molecule has 0 radical (unpaired) electrons. The highest BCUT2D eigenvalue weighted by Crippen LogP contribution is 2.20. The van der Waals surface area contributed by atoms with Crippen LogP contribution in [0.25, 0.3) is 0 Å². The van der Waals surface area contributed by atoms with E-state index >= 15 is 0 Å². The Hall–Kier alpha value is -1.88. The van der Waals surface area contributed by atoms with Crippen molar-refractivity contribution >= 4 is 17.5 Å². The number of carbonyl (C=O) groups is 2. The lowest BCUT2D eigenvalue weighted by Crippen LogP contribution is -2.23. The van der Waals surface area contributed by atoms with Gasteiger partial charge in [-0.25, -0.2) is 0 Å². The van der Waals surface area contributed by atoms with Crippen LogP contribution in [0.5, 0.6) is 0 Å². The van der Waals surface area contributed by atoms with Crippen molar-refractivity contribution in [1.29, 1.82) is 0 Å². The average molecular weight is 262 g/mol. The molecule has 0 atom stereocenters. The molecule has 1 aliphatic rings. The number of hydrogen-bond acceptors (Lipinski definition) is 3. The Balaban J connectivity index is 1.96. The van der Waals surface area contributed by atoms with Crippen LogP contribution in [0.15, 0.2) is 24.3 Å². The number of nitrogens with one attached hydrogen (secondary N) is 1. The lowest BCUT2D eigenvalue weighted by atomic mass is 9.96. The topological polar surface area (TPSA) is 81.4 Å². The molecule has 5 nitrogen and oxygen atoms in total. The number of anilines is 1. The van der Waals surface area contributed by atoms with Gasteiger partial charge in [0.2, 0.25) is 5.91 Å². The van der Waals surface area contributed by atoms with Crippen LogP contribution in [0.3, 0.4) is 0 Å². The largest absolute Gasteiger partial charge is 0.381 e. The van der Waals surface area contributed by atoms with Crippen molar-refractivity contribution in [1.82, 2.24) is 0 Å². The average Bonchev–Trinajstić information content (AvgIpc) is 2.40. The quantitative estimate of drug-likeness (QED) is 0.863. The van der Waals surface area contributed by atoms with Crippen molar-refractivity contribution in [3.63, 3.8) is 0 Å². The first kappa shape index (κ1) is 13.5. The van der Waals surface area contributed by atoms with Crippen LogP contribution in [0.4, 0.5) is 5.69 Å². The molecule has 1 heterocycles. The summed E-state index contributed by atoms with van der Waals surface area (Å²) in [4.78, 5) is 23.2. The number of rotatable bonds is 4. The highest BCUT2D eigenvalue weighted by molar-refractivity contribution is 6.02. The molecule has 0 unspecified atom stereocenters. The lowest BCUT2D eigenvalue weighted by Gasteiger charge is -2.21. The second kappa shape index (κ2) is 6.33. The molecule has 1 saturated heterocycles. The molecular formula is C14H18N2O3. The monoisotopic (exact) mass is 262 g/mol. The fourth-order valence-corrected chi connectivity index (χ4v) is 2.22. The van der Waals surface area contributed by atoms with Gasteiger partial charge in [-0.1, -0.05) is 12.1 Å². The molecule has 1 aliphatic heterocycles. The van der Waals surface area contributed by atoms with E-state index < -0.39 is 5.91 Å². The van der Waals surface area contributed by atoms with Gasteiger partial charge in [0, 0.05) is 19.6 Å². The number of nitrogens with two attached hydrogens (primary N) is 1. The SMILES string of the molecule is NC(=O)c1ccccc1NC(=O)CC1CCOCC1. The van der Waals surface area contributed by atoms with Crippen LogP contribution in [0.2, 0.25) is 0 Å². The number of benzene rings is 1. The Kier molecular flexibility index (Phi) is 4.52. The van der Waals surface area contributed by atoms with Crippen molar-refractivity contribution in [2.24, 2.45) is 11.7 Å². The van der Waals surface area contributed by atoms with Crippen LogP contribution < -0.4 is 11.1 Å². The minimum Gasteiger partial charge on any atom is -0.381 e. The maximum absolute atomic E-state index is 12.0. The third-order valence-electron chi connectivity index (χ3n) is 3.28. The molecule has 3 N–H and O–H groups in total. The Morgan fingerprint density at radius 2 is 1.95 bits per heavy atom. The first-order valence-electron chi connectivity index (χ1n) is 6.43. The van der Waals surface area contributed by atoms with E-state index in [1.165, 1.54) is 0 Å². The van der Waals surface area contributed by atoms with Crippen molar-refractivity contribution in [2.45, 2.75) is 19.3 Å². The first-order chi connectivity index (χ1) is 9.16. The minimum atomic E-state index is -0.540. The summed E-state index contributed by atoms with van der Waals surface area (Å²) >= 11 is 0. The molecule has 2 rings (SSSR count). The Labute approximate surface area is 112 Å². The summed E-state index contributed by atoms with van der Waals surface area (Å²) in [6, 6.07) is 6.76. The zero-order valence-corrected chi connectivity index (χ0v) is 10.7. The Bertz CT molecular complexity index is 468. The summed E-state index contributed by atoms with van der Waals surface area (Å²) in [5.41, 5.74) is 6.08. The molecule has 1 aromatic rings. The molecule has 0 saturated carbocycles. The highest BCUT2D eigenvalue weighted by Gasteiger charge is 2.18. The van der Waals surface area contributed by atoms with Gasteiger partial charge in [-0.2, -0.15) is 0 Å². The second-order valence-corrected chi connectivity index (χ2v) is 4.72. The smallest absolute Gasteiger partial charge is 0.250 e. The molecule has 19 heavy (non-hydrogen) atoms. The number of ether oxygens (including phenoxy) is 1. The van der Waals surface area contributed by atoms with Crippen LogP contribution in [0, 0.1) is 5.92 Å². The molecule has 0 spiro atoms. The highest BCUT2D eigenvalue weighted by atomic mass is 16.5. The summed E-state index contributed by atoms with van der Waals surface area (Å²) in [6.45, 7) is 1.44. The number of primary amides is 1. The van der Waals surface area contributed by atoms with E-state index in [9.17, 15) is 9.59 Å². The van der Waals surface area contributed by atoms with E-state index in [2.05, 4.69) is 5.32 Å². The van der Waals surface area contributed by atoms with Crippen molar-refractivity contribution in [3.8, 4) is 0 Å². The fraction of sp³-hybridized carbons (Fsp3) is 0.429.